The summed E-state index contributed by atoms with van der Waals surface area (Å²) in [5, 5.41) is 18.5. The highest BCUT2D eigenvalue weighted by Gasteiger charge is 2.32. The number of nitrogens with zero attached hydrogens (tertiary/aromatic N) is 2. The first-order valence-corrected chi connectivity index (χ1v) is 10.4. The molecule has 1 aliphatic rings. The molecule has 0 radical (unpaired) electrons. The van der Waals surface area contributed by atoms with E-state index in [9.17, 15) is 20.1 Å². The number of methoxy groups -OCH3 is 1. The van der Waals surface area contributed by atoms with Gasteiger partial charge < -0.3 is 14.2 Å². The smallest absolute Gasteiger partial charge is 0.346 e. The molecule has 1 aromatic carbocycles. The summed E-state index contributed by atoms with van der Waals surface area (Å²) in [4.78, 5) is 25.0. The molecule has 0 spiro atoms. The van der Waals surface area contributed by atoms with Crippen molar-refractivity contribution in [1.82, 2.24) is 0 Å². The molecular formula is C20H20N2O5S2. The molecule has 0 bridgehead atoms. The number of rotatable bonds is 7. The van der Waals surface area contributed by atoms with E-state index < -0.39 is 18.2 Å². The number of Topliss-reactive ketones (excluding diaryl/α,β-unsaturated/α-hetero) is 1. The number of carbonyl (C=O) groups is 2. The molecule has 2 unspecified atom stereocenters. The van der Waals surface area contributed by atoms with Crippen molar-refractivity contribution in [1.29, 1.82) is 10.5 Å². The number of esters is 1. The zero-order valence-electron chi connectivity index (χ0n) is 16.7. The van der Waals surface area contributed by atoms with Crippen LogP contribution in [0.25, 0.3) is 0 Å². The lowest BCUT2D eigenvalue weighted by Gasteiger charge is -2.20. The van der Waals surface area contributed by atoms with Crippen molar-refractivity contribution < 1.29 is 23.8 Å². The molecule has 0 saturated carbocycles. The summed E-state index contributed by atoms with van der Waals surface area (Å²) in [5.74, 6) is 0.342. The van der Waals surface area contributed by atoms with Gasteiger partial charge in [0.1, 0.15) is 29.2 Å². The van der Waals surface area contributed by atoms with E-state index in [1.165, 1.54) is 30.6 Å². The molecule has 0 saturated heterocycles. The molecule has 0 N–H and O–H groups in total. The Morgan fingerprint density at radius 3 is 2.28 bits per heavy atom. The molecule has 1 heterocycles. The van der Waals surface area contributed by atoms with Crippen molar-refractivity contribution in [3.63, 3.8) is 0 Å². The van der Waals surface area contributed by atoms with Crippen molar-refractivity contribution >= 4 is 35.3 Å². The molecule has 9 heteroatoms. The molecule has 7 nitrogen and oxygen atoms in total. The van der Waals surface area contributed by atoms with Gasteiger partial charge in [-0.2, -0.15) is 10.5 Å². The maximum absolute atomic E-state index is 12.0. The first kappa shape index (κ1) is 22.7. The van der Waals surface area contributed by atoms with Crippen LogP contribution in [0.15, 0.2) is 25.7 Å². The quantitative estimate of drug-likeness (QED) is 0.464. The second-order valence-electron chi connectivity index (χ2n) is 6.13. The molecular weight excluding hydrogens is 412 g/mol. The van der Waals surface area contributed by atoms with Crippen LogP contribution < -0.4 is 9.47 Å². The predicted molar refractivity (Wildman–Crippen MR) is 109 cm³/mol. The summed E-state index contributed by atoms with van der Waals surface area (Å²) in [6.45, 7) is 6.81. The molecule has 152 valence electrons. The Hall–Kier alpha value is -2.62. The van der Waals surface area contributed by atoms with Crippen molar-refractivity contribution in [2.75, 3.05) is 7.11 Å². The predicted octanol–water partition coefficient (Wildman–Crippen LogP) is 4.14. The summed E-state index contributed by atoms with van der Waals surface area (Å²) in [6.07, 6.45) is -1.14. The lowest BCUT2D eigenvalue weighted by molar-refractivity contribution is -0.148. The van der Waals surface area contributed by atoms with Crippen LogP contribution in [0.4, 0.5) is 0 Å². The number of carbonyl (C=O) groups excluding carboxylic acids is 2. The minimum absolute atomic E-state index is 0.0237. The van der Waals surface area contributed by atoms with E-state index >= 15 is 0 Å². The number of allylic oxidation sites excluding steroid dienone is 1. The third-order valence-corrected chi connectivity index (χ3v) is 6.70. The number of fused-ring (bicyclic) bond motifs is 1. The van der Waals surface area contributed by atoms with Gasteiger partial charge in [-0.1, -0.05) is 30.4 Å². The van der Waals surface area contributed by atoms with E-state index in [0.29, 0.717) is 37.5 Å². The van der Waals surface area contributed by atoms with Gasteiger partial charge in [0, 0.05) is 6.42 Å². The van der Waals surface area contributed by atoms with E-state index in [0.717, 1.165) is 0 Å². The summed E-state index contributed by atoms with van der Waals surface area (Å²) in [6, 6.07) is 5.50. The minimum atomic E-state index is -0.847. The molecule has 2 atom stereocenters. The standard InChI is InChI=1S/C20H20N2O5S2/c1-6-14(23)11(3)26-15-7-10(2)16(27-12(4)19(24)25-5)18-17(15)28-20(29-18)13(8-21)9-22/h7,11-12H,6H2,1-5H3. The second-order valence-corrected chi connectivity index (χ2v) is 8.43. The van der Waals surface area contributed by atoms with Gasteiger partial charge in [0.05, 0.1) is 21.1 Å². The number of hydrogen-bond acceptors (Lipinski definition) is 9. The highest BCUT2D eigenvalue weighted by molar-refractivity contribution is 8.24. The van der Waals surface area contributed by atoms with E-state index in [1.807, 2.05) is 12.1 Å². The van der Waals surface area contributed by atoms with Gasteiger partial charge in [0.15, 0.2) is 18.0 Å². The zero-order chi connectivity index (χ0) is 21.7. The van der Waals surface area contributed by atoms with Gasteiger partial charge in [-0.25, -0.2) is 4.79 Å². The van der Waals surface area contributed by atoms with Gasteiger partial charge in [-0.15, -0.1) is 0 Å². The van der Waals surface area contributed by atoms with E-state index in [4.69, 9.17) is 14.2 Å². The Morgan fingerprint density at radius 1 is 1.10 bits per heavy atom. The van der Waals surface area contributed by atoms with Gasteiger partial charge in [0.2, 0.25) is 0 Å². The minimum Gasteiger partial charge on any atom is -0.482 e. The largest absolute Gasteiger partial charge is 0.482 e. The van der Waals surface area contributed by atoms with Crippen LogP contribution in [0, 0.1) is 29.6 Å². The fraction of sp³-hybridized carbons (Fsp3) is 0.400. The average Bonchev–Trinajstić information content (AvgIpc) is 3.15. The highest BCUT2D eigenvalue weighted by atomic mass is 32.2. The zero-order valence-corrected chi connectivity index (χ0v) is 18.3. The fourth-order valence-corrected chi connectivity index (χ4v) is 5.07. The summed E-state index contributed by atoms with van der Waals surface area (Å²) < 4.78 is 17.0. The lowest BCUT2D eigenvalue weighted by Crippen LogP contribution is -2.26. The van der Waals surface area contributed by atoms with Gasteiger partial charge in [0.25, 0.3) is 0 Å². The van der Waals surface area contributed by atoms with Crippen LogP contribution in [0.3, 0.4) is 0 Å². The molecule has 0 aliphatic carbocycles. The maximum atomic E-state index is 12.0. The molecule has 2 rings (SSSR count). The SMILES string of the molecule is CCC(=O)C(C)Oc1cc(C)c(OC(C)C(=O)OC)c2c1SC(=C(C#N)C#N)S2. The van der Waals surface area contributed by atoms with E-state index in [1.54, 1.807) is 33.8 Å². The van der Waals surface area contributed by atoms with Gasteiger partial charge in [-0.05, 0) is 32.4 Å². The second kappa shape index (κ2) is 9.73. The van der Waals surface area contributed by atoms with Crippen LogP contribution in [0.5, 0.6) is 11.5 Å². The highest BCUT2D eigenvalue weighted by Crippen LogP contribution is 2.59. The monoisotopic (exact) mass is 432 g/mol. The number of ether oxygens (including phenoxy) is 3. The number of ketones is 1. The molecule has 0 fully saturated rings. The summed E-state index contributed by atoms with van der Waals surface area (Å²) >= 11 is 2.42. The Balaban J connectivity index is 2.56. The Morgan fingerprint density at radius 2 is 1.72 bits per heavy atom. The number of aryl methyl sites for hydroxylation is 1. The van der Waals surface area contributed by atoms with Crippen LogP contribution in [-0.4, -0.2) is 31.1 Å². The maximum Gasteiger partial charge on any atom is 0.346 e. The van der Waals surface area contributed by atoms with Crippen molar-refractivity contribution in [3.05, 3.63) is 21.4 Å². The van der Waals surface area contributed by atoms with Gasteiger partial charge in [-0.3, -0.25) is 4.79 Å². The van der Waals surface area contributed by atoms with Crippen LogP contribution in [0.2, 0.25) is 0 Å². The molecule has 1 aromatic rings. The molecule has 0 aromatic heterocycles. The van der Waals surface area contributed by atoms with Crippen molar-refractivity contribution in [2.45, 2.75) is 56.1 Å². The summed E-state index contributed by atoms with van der Waals surface area (Å²) in [7, 11) is 1.28. The fourth-order valence-electron chi connectivity index (χ4n) is 2.50. The van der Waals surface area contributed by atoms with Crippen LogP contribution in [0.1, 0.15) is 32.8 Å². The number of nitriles is 2. The third-order valence-electron chi connectivity index (χ3n) is 4.09. The first-order valence-electron chi connectivity index (χ1n) is 8.78. The topological polar surface area (TPSA) is 109 Å². The van der Waals surface area contributed by atoms with Crippen molar-refractivity contribution in [3.8, 4) is 23.6 Å². The number of hydrogen-bond donors (Lipinski definition) is 0. The van der Waals surface area contributed by atoms with E-state index in [2.05, 4.69) is 0 Å². The number of benzene rings is 1. The van der Waals surface area contributed by atoms with Crippen LogP contribution in [-0.2, 0) is 14.3 Å². The number of thioether (sulfide) groups is 2. The van der Waals surface area contributed by atoms with Crippen LogP contribution >= 0.6 is 23.5 Å². The Bertz CT molecular complexity index is 943. The normalized spacial score (nSPS) is 14.1. The molecule has 29 heavy (non-hydrogen) atoms. The molecule has 0 amide bonds. The van der Waals surface area contributed by atoms with Crippen molar-refractivity contribution in [2.24, 2.45) is 0 Å². The van der Waals surface area contributed by atoms with E-state index in [-0.39, 0.29) is 11.4 Å². The van der Waals surface area contributed by atoms with Gasteiger partial charge >= 0.3 is 5.97 Å². The lowest BCUT2D eigenvalue weighted by atomic mass is 10.2. The Labute approximate surface area is 178 Å². The Kier molecular flexibility index (Phi) is 7.60. The average molecular weight is 433 g/mol. The molecule has 1 aliphatic heterocycles. The third kappa shape index (κ3) is 4.87. The summed E-state index contributed by atoms with van der Waals surface area (Å²) in [5.41, 5.74) is 0.667. The first-order chi connectivity index (χ1) is 13.8.